The normalized spacial score (nSPS) is 10.3. The Bertz CT molecular complexity index is 922. The van der Waals surface area contributed by atoms with Gasteiger partial charge in [0.1, 0.15) is 5.75 Å². The number of anilines is 2. The van der Waals surface area contributed by atoms with Gasteiger partial charge in [0.05, 0.1) is 12.7 Å². The summed E-state index contributed by atoms with van der Waals surface area (Å²) in [7, 11) is 1.64. The van der Waals surface area contributed by atoms with Crippen molar-refractivity contribution in [3.05, 3.63) is 77.1 Å². The standard InChI is InChI=1S/C21H22N4O2/c1-14-4-7-18(10-15(14)2)25-20(26)17-12-23-21(24-13-17)22-11-16-5-8-19(27-3)9-6-16/h4-10,12-13H,11H2,1-3H3,(H,25,26)(H,22,23,24). The lowest BCUT2D eigenvalue weighted by Crippen LogP contribution is -2.13. The number of ether oxygens (including phenoxy) is 1. The molecule has 3 rings (SSSR count). The predicted octanol–water partition coefficient (Wildman–Crippen LogP) is 3.97. The Morgan fingerprint density at radius 1 is 1.00 bits per heavy atom. The Hall–Kier alpha value is -3.41. The molecule has 0 fully saturated rings. The molecule has 0 aliphatic rings. The third kappa shape index (κ3) is 4.82. The smallest absolute Gasteiger partial charge is 0.258 e. The largest absolute Gasteiger partial charge is 0.497 e. The van der Waals surface area contributed by atoms with Crippen LogP contribution < -0.4 is 15.4 Å². The highest BCUT2D eigenvalue weighted by Crippen LogP contribution is 2.15. The fourth-order valence-corrected chi connectivity index (χ4v) is 2.48. The molecule has 0 unspecified atom stereocenters. The summed E-state index contributed by atoms with van der Waals surface area (Å²) >= 11 is 0. The lowest BCUT2D eigenvalue weighted by atomic mass is 10.1. The van der Waals surface area contributed by atoms with Gasteiger partial charge in [-0.15, -0.1) is 0 Å². The topological polar surface area (TPSA) is 76.1 Å². The quantitative estimate of drug-likeness (QED) is 0.694. The van der Waals surface area contributed by atoms with Gasteiger partial charge in [-0.3, -0.25) is 4.79 Å². The molecule has 138 valence electrons. The van der Waals surface area contributed by atoms with E-state index in [4.69, 9.17) is 4.74 Å². The summed E-state index contributed by atoms with van der Waals surface area (Å²) in [6.07, 6.45) is 3.03. The first-order chi connectivity index (χ1) is 13.0. The number of hydrogen-bond donors (Lipinski definition) is 2. The minimum atomic E-state index is -0.236. The Labute approximate surface area is 158 Å². The Kier molecular flexibility index (Phi) is 5.66. The van der Waals surface area contributed by atoms with E-state index in [-0.39, 0.29) is 5.91 Å². The van der Waals surface area contributed by atoms with E-state index in [1.807, 2.05) is 56.3 Å². The number of carbonyl (C=O) groups is 1. The van der Waals surface area contributed by atoms with Gasteiger partial charge in [-0.2, -0.15) is 0 Å². The third-order valence-electron chi connectivity index (χ3n) is 4.29. The third-order valence-corrected chi connectivity index (χ3v) is 4.29. The monoisotopic (exact) mass is 362 g/mol. The van der Waals surface area contributed by atoms with Gasteiger partial charge in [0, 0.05) is 24.6 Å². The van der Waals surface area contributed by atoms with Crippen LogP contribution in [0.25, 0.3) is 0 Å². The highest BCUT2D eigenvalue weighted by atomic mass is 16.5. The molecule has 0 saturated heterocycles. The van der Waals surface area contributed by atoms with Crippen molar-refractivity contribution in [2.24, 2.45) is 0 Å². The van der Waals surface area contributed by atoms with Crippen molar-refractivity contribution in [2.45, 2.75) is 20.4 Å². The van der Waals surface area contributed by atoms with Crippen LogP contribution in [0.15, 0.2) is 54.9 Å². The Morgan fingerprint density at radius 3 is 2.33 bits per heavy atom. The molecule has 2 N–H and O–H groups in total. The molecule has 6 nitrogen and oxygen atoms in total. The van der Waals surface area contributed by atoms with Crippen LogP contribution in [0, 0.1) is 13.8 Å². The molecule has 27 heavy (non-hydrogen) atoms. The molecule has 0 saturated carbocycles. The maximum absolute atomic E-state index is 12.3. The highest BCUT2D eigenvalue weighted by molar-refractivity contribution is 6.03. The van der Waals surface area contributed by atoms with Gasteiger partial charge in [-0.05, 0) is 54.8 Å². The number of rotatable bonds is 6. The van der Waals surface area contributed by atoms with Crippen LogP contribution in [0.3, 0.4) is 0 Å². The molecule has 3 aromatic rings. The molecular weight excluding hydrogens is 340 g/mol. The number of benzene rings is 2. The zero-order chi connectivity index (χ0) is 19.2. The van der Waals surface area contributed by atoms with Gasteiger partial charge in [-0.25, -0.2) is 9.97 Å². The number of nitrogens with zero attached hydrogens (tertiary/aromatic N) is 2. The second kappa shape index (κ2) is 8.31. The van der Waals surface area contributed by atoms with Crippen LogP contribution in [0.5, 0.6) is 5.75 Å². The fourth-order valence-electron chi connectivity index (χ4n) is 2.48. The van der Waals surface area contributed by atoms with E-state index in [2.05, 4.69) is 20.6 Å². The minimum Gasteiger partial charge on any atom is -0.497 e. The van der Waals surface area contributed by atoms with E-state index in [9.17, 15) is 4.79 Å². The molecule has 0 aliphatic heterocycles. The average Bonchev–Trinajstić information content (AvgIpc) is 2.70. The van der Waals surface area contributed by atoms with Crippen molar-refractivity contribution in [2.75, 3.05) is 17.7 Å². The van der Waals surface area contributed by atoms with Crippen molar-refractivity contribution in [1.29, 1.82) is 0 Å². The van der Waals surface area contributed by atoms with Crippen molar-refractivity contribution in [3.8, 4) is 5.75 Å². The van der Waals surface area contributed by atoms with Crippen molar-refractivity contribution in [1.82, 2.24) is 9.97 Å². The molecule has 1 amide bonds. The van der Waals surface area contributed by atoms with E-state index in [0.29, 0.717) is 18.1 Å². The second-order valence-corrected chi connectivity index (χ2v) is 6.25. The summed E-state index contributed by atoms with van der Waals surface area (Å²) in [5, 5.41) is 6.00. The lowest BCUT2D eigenvalue weighted by molar-refractivity contribution is 0.102. The maximum atomic E-state index is 12.3. The molecule has 1 aromatic heterocycles. The number of hydrogen-bond acceptors (Lipinski definition) is 5. The van der Waals surface area contributed by atoms with Crippen molar-refractivity contribution in [3.63, 3.8) is 0 Å². The van der Waals surface area contributed by atoms with E-state index in [0.717, 1.165) is 22.6 Å². The molecule has 0 radical (unpaired) electrons. The number of amides is 1. The van der Waals surface area contributed by atoms with Crippen molar-refractivity contribution >= 4 is 17.5 Å². The van der Waals surface area contributed by atoms with Gasteiger partial charge in [-0.1, -0.05) is 18.2 Å². The summed E-state index contributed by atoms with van der Waals surface area (Å²) in [4.78, 5) is 20.8. The van der Waals surface area contributed by atoms with Gasteiger partial charge < -0.3 is 15.4 Å². The number of methoxy groups -OCH3 is 1. The first-order valence-corrected chi connectivity index (χ1v) is 8.62. The summed E-state index contributed by atoms with van der Waals surface area (Å²) < 4.78 is 5.14. The number of nitrogens with one attached hydrogen (secondary N) is 2. The van der Waals surface area contributed by atoms with Gasteiger partial charge in [0.25, 0.3) is 5.91 Å². The first kappa shape index (κ1) is 18.4. The molecule has 6 heteroatoms. The van der Waals surface area contributed by atoms with Crippen LogP contribution in [0.2, 0.25) is 0 Å². The molecule has 1 heterocycles. The van der Waals surface area contributed by atoms with E-state index in [1.54, 1.807) is 7.11 Å². The van der Waals surface area contributed by atoms with Crippen LogP contribution >= 0.6 is 0 Å². The van der Waals surface area contributed by atoms with E-state index in [1.165, 1.54) is 18.0 Å². The minimum absolute atomic E-state index is 0.236. The number of aromatic nitrogens is 2. The number of carbonyl (C=O) groups excluding carboxylic acids is 1. The molecule has 0 bridgehead atoms. The van der Waals surface area contributed by atoms with Crippen LogP contribution in [-0.4, -0.2) is 23.0 Å². The predicted molar refractivity (Wildman–Crippen MR) is 106 cm³/mol. The van der Waals surface area contributed by atoms with Crippen LogP contribution in [-0.2, 0) is 6.54 Å². The van der Waals surface area contributed by atoms with Crippen molar-refractivity contribution < 1.29 is 9.53 Å². The zero-order valence-electron chi connectivity index (χ0n) is 15.6. The average molecular weight is 362 g/mol. The molecule has 2 aromatic carbocycles. The summed E-state index contributed by atoms with van der Waals surface area (Å²) in [6, 6.07) is 13.5. The molecular formula is C21H22N4O2. The number of aryl methyl sites for hydroxylation is 2. The first-order valence-electron chi connectivity index (χ1n) is 8.62. The van der Waals surface area contributed by atoms with Crippen LogP contribution in [0.1, 0.15) is 27.0 Å². The van der Waals surface area contributed by atoms with E-state index < -0.39 is 0 Å². The maximum Gasteiger partial charge on any atom is 0.258 e. The van der Waals surface area contributed by atoms with Gasteiger partial charge in [0.2, 0.25) is 5.95 Å². The fraction of sp³-hybridized carbons (Fsp3) is 0.190. The molecule has 0 atom stereocenters. The summed E-state index contributed by atoms with van der Waals surface area (Å²) in [5.74, 6) is 1.04. The highest BCUT2D eigenvalue weighted by Gasteiger charge is 2.08. The second-order valence-electron chi connectivity index (χ2n) is 6.25. The zero-order valence-corrected chi connectivity index (χ0v) is 15.6. The molecule has 0 aliphatic carbocycles. The molecule has 0 spiro atoms. The van der Waals surface area contributed by atoms with Gasteiger partial charge >= 0.3 is 0 Å². The lowest BCUT2D eigenvalue weighted by Gasteiger charge is -2.08. The van der Waals surface area contributed by atoms with Gasteiger partial charge in [0.15, 0.2) is 0 Å². The summed E-state index contributed by atoms with van der Waals surface area (Å²) in [6.45, 7) is 4.63. The Balaban J connectivity index is 1.58. The van der Waals surface area contributed by atoms with E-state index >= 15 is 0 Å². The SMILES string of the molecule is COc1ccc(CNc2ncc(C(=O)Nc3ccc(C)c(C)c3)cn2)cc1. The Morgan fingerprint density at radius 2 is 1.70 bits per heavy atom. The summed E-state index contributed by atoms with van der Waals surface area (Å²) in [5.41, 5.74) is 4.55. The van der Waals surface area contributed by atoms with Crippen LogP contribution in [0.4, 0.5) is 11.6 Å².